The summed E-state index contributed by atoms with van der Waals surface area (Å²) < 4.78 is 21.1. The molecule has 0 aromatic rings. The van der Waals surface area contributed by atoms with E-state index >= 15 is 0 Å². The third kappa shape index (κ3) is 6.82. The number of methoxy groups -OCH3 is 4. The van der Waals surface area contributed by atoms with Gasteiger partial charge in [-0.05, 0) is 32.1 Å². The largest absolute Gasteiger partial charge is 0.483 e. The highest BCUT2D eigenvalue weighted by molar-refractivity contribution is 6.18. The van der Waals surface area contributed by atoms with Crippen LogP contribution in [0.2, 0.25) is 0 Å². The monoisotopic (exact) mass is 458 g/mol. The van der Waals surface area contributed by atoms with Gasteiger partial charge in [0.2, 0.25) is 23.6 Å². The van der Waals surface area contributed by atoms with Gasteiger partial charge < -0.3 is 18.9 Å². The van der Waals surface area contributed by atoms with Gasteiger partial charge in [-0.15, -0.1) is 11.6 Å². The second-order valence-electron chi connectivity index (χ2n) is 8.40. The molecule has 2 aliphatic heterocycles. The number of hydrogen-bond donors (Lipinski definition) is 0. The molecule has 0 aromatic heterocycles. The molecule has 0 radical (unpaired) electrons. The smallest absolute Gasteiger partial charge is 0.212 e. The molecule has 8 nitrogen and oxygen atoms in total. The first-order valence-electron chi connectivity index (χ1n) is 10.6. The van der Waals surface area contributed by atoms with Crippen LogP contribution in [-0.2, 0) is 18.9 Å². The molecule has 0 saturated heterocycles. The number of hydrogen-bond acceptors (Lipinski definition) is 8. The Hall–Kier alpha value is -1.83. The van der Waals surface area contributed by atoms with Gasteiger partial charge in [-0.1, -0.05) is 27.7 Å². The van der Waals surface area contributed by atoms with Crippen molar-refractivity contribution in [3.05, 3.63) is 0 Å². The van der Waals surface area contributed by atoms with Crippen LogP contribution >= 0.6 is 11.6 Å². The van der Waals surface area contributed by atoms with E-state index < -0.39 is 5.54 Å². The average molecular weight is 459 g/mol. The van der Waals surface area contributed by atoms with Crippen molar-refractivity contribution in [3.63, 3.8) is 0 Å². The van der Waals surface area contributed by atoms with Gasteiger partial charge in [0.05, 0.1) is 28.4 Å². The van der Waals surface area contributed by atoms with Gasteiger partial charge in [-0.2, -0.15) is 0 Å². The summed E-state index contributed by atoms with van der Waals surface area (Å²) in [5.41, 5.74) is -0.507. The fourth-order valence-corrected chi connectivity index (χ4v) is 3.72. The molecule has 9 heteroatoms. The predicted molar refractivity (Wildman–Crippen MR) is 128 cm³/mol. The van der Waals surface area contributed by atoms with Crippen LogP contribution in [0.3, 0.4) is 0 Å². The van der Waals surface area contributed by atoms with Gasteiger partial charge in [-0.25, -0.2) is 20.0 Å². The maximum absolute atomic E-state index is 5.82. The number of alkyl halides is 1. The highest BCUT2D eigenvalue weighted by Gasteiger charge is 2.39. The molecule has 1 unspecified atom stereocenters. The quantitative estimate of drug-likeness (QED) is 0.595. The van der Waals surface area contributed by atoms with Crippen molar-refractivity contribution in [2.24, 2.45) is 31.8 Å². The van der Waals surface area contributed by atoms with E-state index in [1.165, 1.54) is 0 Å². The Kier molecular flexibility index (Phi) is 10.8. The van der Waals surface area contributed by atoms with E-state index in [0.717, 1.165) is 0 Å². The highest BCUT2D eigenvalue weighted by Crippen LogP contribution is 2.27. The van der Waals surface area contributed by atoms with Gasteiger partial charge in [0.15, 0.2) is 0 Å². The van der Waals surface area contributed by atoms with Crippen LogP contribution in [0.15, 0.2) is 20.0 Å². The van der Waals surface area contributed by atoms with Crippen LogP contribution in [0.1, 0.15) is 48.0 Å². The van der Waals surface area contributed by atoms with Crippen molar-refractivity contribution >= 4 is 35.2 Å². The van der Waals surface area contributed by atoms with Crippen molar-refractivity contribution in [3.8, 4) is 0 Å². The fourth-order valence-electron chi connectivity index (χ4n) is 3.35. The van der Waals surface area contributed by atoms with E-state index in [1.54, 1.807) is 28.4 Å². The van der Waals surface area contributed by atoms with Crippen molar-refractivity contribution in [2.45, 2.75) is 71.6 Å². The molecule has 31 heavy (non-hydrogen) atoms. The topological polar surface area (TPSA) is 86.4 Å². The summed E-state index contributed by atoms with van der Waals surface area (Å²) in [5, 5.41) is 0. The minimum atomic E-state index is -0.507. The third-order valence-electron chi connectivity index (χ3n) is 5.19. The van der Waals surface area contributed by atoms with Gasteiger partial charge in [-0.3, -0.25) is 0 Å². The van der Waals surface area contributed by atoms with E-state index in [4.69, 9.17) is 30.5 Å². The molecule has 0 aromatic carbocycles. The maximum atomic E-state index is 5.82. The Balaban J connectivity index is 0.000000316. The molecule has 0 aliphatic carbocycles. The molecular weight excluding hydrogens is 420 g/mol. The van der Waals surface area contributed by atoms with Gasteiger partial charge in [0, 0.05) is 5.88 Å². The summed E-state index contributed by atoms with van der Waals surface area (Å²) >= 11 is 5.82. The third-order valence-corrected chi connectivity index (χ3v) is 5.38. The van der Waals surface area contributed by atoms with E-state index in [1.807, 2.05) is 13.8 Å². The summed E-state index contributed by atoms with van der Waals surface area (Å²) in [6, 6.07) is -0.116. The Morgan fingerprint density at radius 3 is 1.74 bits per heavy atom. The molecule has 0 bridgehead atoms. The normalized spacial score (nSPS) is 28.0. The molecule has 2 aliphatic rings. The molecule has 0 fully saturated rings. The van der Waals surface area contributed by atoms with Crippen molar-refractivity contribution in [1.29, 1.82) is 0 Å². The number of aliphatic imine (C=N–C) groups is 4. The van der Waals surface area contributed by atoms with Crippen molar-refractivity contribution < 1.29 is 18.9 Å². The predicted octanol–water partition coefficient (Wildman–Crippen LogP) is 4.00. The zero-order valence-electron chi connectivity index (χ0n) is 20.6. The lowest BCUT2D eigenvalue weighted by Crippen LogP contribution is -2.44. The van der Waals surface area contributed by atoms with Gasteiger partial charge >= 0.3 is 0 Å². The molecule has 178 valence electrons. The van der Waals surface area contributed by atoms with E-state index in [-0.39, 0.29) is 18.1 Å². The number of nitrogens with zero attached hydrogens (tertiary/aromatic N) is 4. The number of rotatable bonds is 4. The molecule has 0 amide bonds. The summed E-state index contributed by atoms with van der Waals surface area (Å²) in [6.07, 6.45) is 0.679. The van der Waals surface area contributed by atoms with E-state index in [0.29, 0.717) is 47.7 Å². The first-order valence-corrected chi connectivity index (χ1v) is 11.2. The molecule has 0 N–H and O–H groups in total. The molecular formula is C22H39ClN4O4. The zero-order valence-corrected chi connectivity index (χ0v) is 21.4. The van der Waals surface area contributed by atoms with Crippen LogP contribution in [0.5, 0.6) is 0 Å². The lowest BCUT2D eigenvalue weighted by molar-refractivity contribution is 0.308. The Labute approximate surface area is 192 Å². The van der Waals surface area contributed by atoms with Crippen LogP contribution in [0.4, 0.5) is 0 Å². The molecule has 4 atom stereocenters. The summed E-state index contributed by atoms with van der Waals surface area (Å²) in [5.74, 6) is 3.88. The lowest BCUT2D eigenvalue weighted by atomic mass is 9.95. The molecule has 0 saturated carbocycles. The lowest BCUT2D eigenvalue weighted by Gasteiger charge is -2.33. The average Bonchev–Trinajstić information content (AvgIpc) is 2.73. The van der Waals surface area contributed by atoms with E-state index in [9.17, 15) is 0 Å². The molecule has 2 rings (SSSR count). The summed E-state index contributed by atoms with van der Waals surface area (Å²) in [7, 11) is 6.51. The SMILES string of the molecule is COC1=N[C@@](C)(CCCl)C(OC)=N[C@@H]1C(C)C.COC1=N[C@H](C(C)C)C(OC)=NC1C. The van der Waals surface area contributed by atoms with Crippen LogP contribution < -0.4 is 0 Å². The summed E-state index contributed by atoms with van der Waals surface area (Å²) in [6.45, 7) is 12.3. The standard InChI is InChI=1S/C12H21ClN2O2.C10H18N2O2/c1-8(2)9-10(16-4)15-12(3,6-7-13)11(14-9)17-5;1-6(2)8-10(14-5)11-7(3)9(12-8)13-4/h8-9H,6-7H2,1-5H3;6-8H,1-5H3/t9-,12+;7?,8-/m11/s1. The molecule has 2 heterocycles. The fraction of sp³-hybridized carbons (Fsp3) is 0.818. The Morgan fingerprint density at radius 1 is 0.806 bits per heavy atom. The van der Waals surface area contributed by atoms with Gasteiger partial charge in [0.1, 0.15) is 23.7 Å². The zero-order chi connectivity index (χ0) is 23.8. The Bertz CT molecular complexity index is 706. The summed E-state index contributed by atoms with van der Waals surface area (Å²) in [4.78, 5) is 18.1. The highest BCUT2D eigenvalue weighted by atomic mass is 35.5. The first kappa shape index (κ1) is 27.2. The minimum absolute atomic E-state index is 0.00819. The number of ether oxygens (including phenoxy) is 4. The van der Waals surface area contributed by atoms with Crippen molar-refractivity contribution in [1.82, 2.24) is 0 Å². The molecule has 0 spiro atoms. The van der Waals surface area contributed by atoms with Crippen LogP contribution in [0, 0.1) is 11.8 Å². The number of halogens is 1. The minimum Gasteiger partial charge on any atom is -0.483 e. The first-order chi connectivity index (χ1) is 14.6. The maximum Gasteiger partial charge on any atom is 0.212 e. The van der Waals surface area contributed by atoms with Gasteiger partial charge in [0.25, 0.3) is 0 Å². The van der Waals surface area contributed by atoms with E-state index in [2.05, 4.69) is 47.7 Å². The Morgan fingerprint density at radius 2 is 1.32 bits per heavy atom. The second-order valence-corrected chi connectivity index (χ2v) is 8.78. The van der Waals surface area contributed by atoms with Crippen molar-refractivity contribution in [2.75, 3.05) is 34.3 Å². The second kappa shape index (κ2) is 12.3. The van der Waals surface area contributed by atoms with Crippen LogP contribution in [0.25, 0.3) is 0 Å². The van der Waals surface area contributed by atoms with Crippen LogP contribution in [-0.4, -0.2) is 81.6 Å².